The van der Waals surface area contributed by atoms with Crippen LogP contribution in [0.4, 0.5) is 0 Å². The molecule has 0 amide bonds. The molecule has 2 heteroatoms. The Morgan fingerprint density at radius 1 is 1.04 bits per heavy atom. The van der Waals surface area contributed by atoms with Gasteiger partial charge in [-0.25, -0.2) is 4.79 Å². The first-order valence-electron chi connectivity index (χ1n) is 10.2. The predicted octanol–water partition coefficient (Wildman–Crippen LogP) is 6.37. The Balaban J connectivity index is 0.000000158. The fraction of sp³-hybridized carbons (Fsp3) is 0.480. The van der Waals surface area contributed by atoms with E-state index in [4.69, 9.17) is 5.11 Å². The van der Waals surface area contributed by atoms with E-state index < -0.39 is 5.97 Å². The maximum atomic E-state index is 10.7. The summed E-state index contributed by atoms with van der Waals surface area (Å²) in [6, 6.07) is 14.3. The monoisotopic (exact) mass is 364 g/mol. The number of rotatable bonds is 3. The Kier molecular flexibility index (Phi) is 5.74. The molecule has 2 nitrogen and oxygen atoms in total. The molecule has 4 rings (SSSR count). The third kappa shape index (κ3) is 4.26. The van der Waals surface area contributed by atoms with Crippen LogP contribution < -0.4 is 0 Å². The van der Waals surface area contributed by atoms with Crippen molar-refractivity contribution in [2.45, 2.75) is 71.1 Å². The normalized spacial score (nSPS) is 17.9. The second kappa shape index (κ2) is 7.88. The molecule has 2 aliphatic carbocycles. The highest BCUT2D eigenvalue weighted by Crippen LogP contribution is 2.38. The predicted molar refractivity (Wildman–Crippen MR) is 112 cm³/mol. The number of aryl methyl sites for hydroxylation is 2. The zero-order chi connectivity index (χ0) is 19.6. The lowest BCUT2D eigenvalue weighted by Crippen LogP contribution is -2.24. The van der Waals surface area contributed by atoms with Gasteiger partial charge in [-0.1, -0.05) is 58.0 Å². The summed E-state index contributed by atoms with van der Waals surface area (Å²) in [4.78, 5) is 10.7. The SMILES string of the molecule is CC(C)C(C)(C)c1ccc(C(=O)O)cc1.c1cc2c3cc1CCC3CCC2. The van der Waals surface area contributed by atoms with Gasteiger partial charge in [-0.15, -0.1) is 0 Å². The van der Waals surface area contributed by atoms with Gasteiger partial charge in [0.2, 0.25) is 0 Å². The summed E-state index contributed by atoms with van der Waals surface area (Å²) in [5, 5.41) is 8.79. The van der Waals surface area contributed by atoms with Gasteiger partial charge in [0.05, 0.1) is 5.56 Å². The third-order valence-corrected chi connectivity index (χ3v) is 6.75. The fourth-order valence-electron chi connectivity index (χ4n) is 4.12. The standard InChI is InChI=1S/C13H18O2.C12H14/c1-9(2)13(3,4)11-7-5-10(6-8-11)12(14)15;1-2-10-6-4-9-5-7-11(3-1)12(10)8-9/h5-9H,1-4H3,(H,14,15);4,6,8,11H,1-3,5,7H2. The van der Waals surface area contributed by atoms with E-state index >= 15 is 0 Å². The van der Waals surface area contributed by atoms with E-state index in [1.165, 1.54) is 37.7 Å². The molecule has 0 saturated heterocycles. The molecule has 0 radical (unpaired) electrons. The molecule has 0 heterocycles. The van der Waals surface area contributed by atoms with Gasteiger partial charge in [0.15, 0.2) is 0 Å². The number of hydrogen-bond acceptors (Lipinski definition) is 1. The zero-order valence-corrected chi connectivity index (χ0v) is 17.1. The Labute approximate surface area is 163 Å². The van der Waals surface area contributed by atoms with E-state index in [9.17, 15) is 4.79 Å². The van der Waals surface area contributed by atoms with Crippen LogP contribution in [-0.4, -0.2) is 11.1 Å². The van der Waals surface area contributed by atoms with E-state index in [1.54, 1.807) is 28.8 Å². The first-order valence-corrected chi connectivity index (χ1v) is 10.2. The summed E-state index contributed by atoms with van der Waals surface area (Å²) < 4.78 is 0. The molecule has 0 spiro atoms. The largest absolute Gasteiger partial charge is 0.478 e. The minimum atomic E-state index is -0.871. The van der Waals surface area contributed by atoms with Gasteiger partial charge in [-0.2, -0.15) is 0 Å². The summed E-state index contributed by atoms with van der Waals surface area (Å²) in [5.41, 5.74) is 6.49. The Morgan fingerprint density at radius 3 is 2.37 bits per heavy atom. The third-order valence-electron chi connectivity index (χ3n) is 6.75. The molecule has 0 fully saturated rings. The average Bonchev–Trinajstić information content (AvgIpc) is 2.68. The maximum absolute atomic E-state index is 10.7. The van der Waals surface area contributed by atoms with Crippen LogP contribution in [0.15, 0.2) is 42.5 Å². The van der Waals surface area contributed by atoms with Crippen LogP contribution in [0.5, 0.6) is 0 Å². The number of carbonyl (C=O) groups is 1. The summed E-state index contributed by atoms with van der Waals surface area (Å²) in [6.07, 6.45) is 6.91. The van der Waals surface area contributed by atoms with Crippen LogP contribution in [0.25, 0.3) is 0 Å². The minimum Gasteiger partial charge on any atom is -0.478 e. The first-order chi connectivity index (χ1) is 12.8. The van der Waals surface area contributed by atoms with Gasteiger partial charge in [-0.3, -0.25) is 0 Å². The van der Waals surface area contributed by atoms with E-state index in [1.807, 2.05) is 12.1 Å². The highest BCUT2D eigenvalue weighted by Gasteiger charge is 2.25. The second-order valence-corrected chi connectivity index (χ2v) is 8.92. The summed E-state index contributed by atoms with van der Waals surface area (Å²) >= 11 is 0. The van der Waals surface area contributed by atoms with E-state index in [0.29, 0.717) is 11.5 Å². The van der Waals surface area contributed by atoms with Crippen LogP contribution in [-0.2, 0) is 18.3 Å². The first kappa shape index (κ1) is 19.7. The topological polar surface area (TPSA) is 37.3 Å². The van der Waals surface area contributed by atoms with Gasteiger partial charge in [0.1, 0.15) is 0 Å². The van der Waals surface area contributed by atoms with Crippen molar-refractivity contribution >= 4 is 5.97 Å². The number of carboxylic acid groups (broad SMARTS) is 1. The van der Waals surface area contributed by atoms with Gasteiger partial charge in [0, 0.05) is 0 Å². The molecule has 1 unspecified atom stereocenters. The lowest BCUT2D eigenvalue weighted by Gasteiger charge is -2.29. The van der Waals surface area contributed by atoms with Gasteiger partial charge in [-0.05, 0) is 83.7 Å². The van der Waals surface area contributed by atoms with E-state index in [-0.39, 0.29) is 5.41 Å². The number of benzene rings is 2. The van der Waals surface area contributed by atoms with Crippen molar-refractivity contribution in [3.8, 4) is 0 Å². The van der Waals surface area contributed by atoms with Crippen molar-refractivity contribution in [1.29, 1.82) is 0 Å². The van der Waals surface area contributed by atoms with Crippen LogP contribution in [0, 0.1) is 5.92 Å². The summed E-state index contributed by atoms with van der Waals surface area (Å²) in [5.74, 6) is 0.569. The molecule has 1 atom stereocenters. The lowest BCUT2D eigenvalue weighted by molar-refractivity contribution is 0.0697. The molecule has 0 aliphatic heterocycles. The van der Waals surface area contributed by atoms with Crippen molar-refractivity contribution in [1.82, 2.24) is 0 Å². The molecular weight excluding hydrogens is 332 g/mol. The van der Waals surface area contributed by atoms with E-state index in [0.717, 1.165) is 5.92 Å². The van der Waals surface area contributed by atoms with Crippen LogP contribution in [0.3, 0.4) is 0 Å². The van der Waals surface area contributed by atoms with Crippen molar-refractivity contribution in [3.63, 3.8) is 0 Å². The molecule has 2 aromatic carbocycles. The Morgan fingerprint density at radius 2 is 1.74 bits per heavy atom. The highest BCUT2D eigenvalue weighted by atomic mass is 16.4. The number of carboxylic acids is 1. The molecule has 27 heavy (non-hydrogen) atoms. The zero-order valence-electron chi connectivity index (χ0n) is 17.1. The van der Waals surface area contributed by atoms with Gasteiger partial charge >= 0.3 is 5.97 Å². The Hall–Kier alpha value is -2.09. The quantitative estimate of drug-likeness (QED) is 0.687. The van der Waals surface area contributed by atoms with Crippen molar-refractivity contribution in [2.24, 2.45) is 5.92 Å². The summed E-state index contributed by atoms with van der Waals surface area (Å²) in [6.45, 7) is 8.69. The maximum Gasteiger partial charge on any atom is 0.335 e. The molecule has 2 aliphatic rings. The molecule has 0 aromatic heterocycles. The number of fused-ring (bicyclic) bond motifs is 1. The van der Waals surface area contributed by atoms with Crippen LogP contribution in [0.2, 0.25) is 0 Å². The summed E-state index contributed by atoms with van der Waals surface area (Å²) in [7, 11) is 0. The molecule has 1 N–H and O–H groups in total. The Bertz CT molecular complexity index is 800. The lowest BCUT2D eigenvalue weighted by atomic mass is 9.75. The van der Waals surface area contributed by atoms with E-state index in [2.05, 4.69) is 45.9 Å². The smallest absolute Gasteiger partial charge is 0.335 e. The van der Waals surface area contributed by atoms with Gasteiger partial charge in [0.25, 0.3) is 0 Å². The molecule has 144 valence electrons. The molecular formula is C25H32O2. The number of aromatic carboxylic acids is 1. The fourth-order valence-corrected chi connectivity index (χ4v) is 4.12. The molecule has 2 bridgehead atoms. The molecule has 2 aromatic rings. The van der Waals surface area contributed by atoms with Crippen molar-refractivity contribution < 1.29 is 9.90 Å². The average molecular weight is 365 g/mol. The van der Waals surface area contributed by atoms with Crippen LogP contribution >= 0.6 is 0 Å². The highest BCUT2D eigenvalue weighted by molar-refractivity contribution is 5.87. The number of hydrogen-bond donors (Lipinski definition) is 1. The second-order valence-electron chi connectivity index (χ2n) is 8.92. The van der Waals surface area contributed by atoms with Crippen molar-refractivity contribution in [2.75, 3.05) is 0 Å². The van der Waals surface area contributed by atoms with Crippen molar-refractivity contribution in [3.05, 3.63) is 70.3 Å². The minimum absolute atomic E-state index is 0.0804. The van der Waals surface area contributed by atoms with Crippen LogP contribution in [0.1, 0.15) is 85.5 Å². The molecule has 0 saturated carbocycles. The van der Waals surface area contributed by atoms with Gasteiger partial charge < -0.3 is 5.11 Å².